The van der Waals surface area contributed by atoms with Crippen molar-refractivity contribution >= 4 is 17.5 Å². The van der Waals surface area contributed by atoms with Crippen LogP contribution < -0.4 is 5.32 Å². The number of nitriles is 1. The maximum absolute atomic E-state index is 13.7. The van der Waals surface area contributed by atoms with Gasteiger partial charge in [-0.1, -0.05) is 24.3 Å². The first-order chi connectivity index (χ1) is 17.8. The number of rotatable bonds is 4. The Morgan fingerprint density at radius 2 is 1.76 bits per heavy atom. The molecule has 0 saturated heterocycles. The van der Waals surface area contributed by atoms with Crippen LogP contribution in [0, 0.1) is 17.1 Å². The van der Waals surface area contributed by atoms with Crippen LogP contribution in [0.15, 0.2) is 60.8 Å². The largest absolute Gasteiger partial charge is 0.433 e. The first-order valence-corrected chi connectivity index (χ1v) is 10.8. The van der Waals surface area contributed by atoms with Crippen LogP contribution in [0.1, 0.15) is 44.7 Å². The van der Waals surface area contributed by atoms with E-state index in [1.54, 1.807) is 6.07 Å². The molecule has 2 aromatic carbocycles. The van der Waals surface area contributed by atoms with Crippen LogP contribution in [0.3, 0.4) is 0 Å². The Balaban J connectivity index is 1.86. The van der Waals surface area contributed by atoms with E-state index in [-0.39, 0.29) is 22.4 Å². The van der Waals surface area contributed by atoms with E-state index in [1.807, 2.05) is 0 Å². The molecule has 2 atom stereocenters. The first kappa shape index (κ1) is 26.6. The summed E-state index contributed by atoms with van der Waals surface area (Å²) < 4.78 is 93.7. The Kier molecular flexibility index (Phi) is 6.84. The van der Waals surface area contributed by atoms with Gasteiger partial charge in [0.05, 0.1) is 17.5 Å². The van der Waals surface area contributed by atoms with E-state index in [9.17, 15) is 40.3 Å². The molecule has 1 aliphatic heterocycles. The molecule has 1 aliphatic rings. The molecular formula is C25H15F7N4O2. The van der Waals surface area contributed by atoms with Crippen molar-refractivity contribution in [3.63, 3.8) is 0 Å². The number of alkyl halides is 6. The number of hydrogen-bond acceptors (Lipinski definition) is 4. The van der Waals surface area contributed by atoms with E-state index in [4.69, 9.17) is 5.26 Å². The summed E-state index contributed by atoms with van der Waals surface area (Å²) in [6, 6.07) is 9.72. The number of hydrogen-bond donors (Lipinski definition) is 1. The molecule has 2 amide bonds. The number of carbonyl (C=O) groups excluding carboxylic acids is 2. The van der Waals surface area contributed by atoms with Gasteiger partial charge in [-0.25, -0.2) is 4.39 Å². The minimum absolute atomic E-state index is 0.0286. The number of halogens is 7. The molecule has 0 aliphatic carbocycles. The zero-order chi connectivity index (χ0) is 27.8. The molecule has 38 heavy (non-hydrogen) atoms. The molecule has 6 nitrogen and oxygen atoms in total. The summed E-state index contributed by atoms with van der Waals surface area (Å²) in [5.74, 6) is -4.44. The van der Waals surface area contributed by atoms with E-state index in [0.717, 1.165) is 24.3 Å². The lowest BCUT2D eigenvalue weighted by atomic mass is 9.79. The number of nitrogens with one attached hydrogen (secondary N) is 1. The second kappa shape index (κ2) is 9.77. The SMILES string of the molecule is N#Cc1cc(NC(=O)C2c3ccccc3C(=O)N(CC(F)(F)F)C2c2ccc(C(F)(F)F)nc2)ccc1F. The summed E-state index contributed by atoms with van der Waals surface area (Å²) in [5, 5.41) is 11.5. The fourth-order valence-corrected chi connectivity index (χ4v) is 4.27. The van der Waals surface area contributed by atoms with Gasteiger partial charge >= 0.3 is 12.4 Å². The zero-order valence-corrected chi connectivity index (χ0v) is 18.9. The molecular weight excluding hydrogens is 521 g/mol. The normalized spacial score (nSPS) is 17.5. The highest BCUT2D eigenvalue weighted by Crippen LogP contribution is 2.44. The number of carbonyl (C=O) groups is 2. The molecule has 1 N–H and O–H groups in total. The van der Waals surface area contributed by atoms with Crippen LogP contribution in [0.25, 0.3) is 0 Å². The van der Waals surface area contributed by atoms with Crippen molar-refractivity contribution in [3.8, 4) is 6.07 Å². The first-order valence-electron chi connectivity index (χ1n) is 10.8. The topological polar surface area (TPSA) is 86.1 Å². The van der Waals surface area contributed by atoms with Crippen molar-refractivity contribution in [2.45, 2.75) is 24.3 Å². The third-order valence-electron chi connectivity index (χ3n) is 5.84. The molecule has 1 aromatic heterocycles. The molecule has 4 rings (SSSR count). The molecule has 0 spiro atoms. The van der Waals surface area contributed by atoms with Gasteiger partial charge in [0.25, 0.3) is 5.91 Å². The van der Waals surface area contributed by atoms with Crippen LogP contribution in [-0.2, 0) is 11.0 Å². The highest BCUT2D eigenvalue weighted by molar-refractivity contribution is 6.04. The van der Waals surface area contributed by atoms with Crippen LogP contribution in [0.5, 0.6) is 0 Å². The van der Waals surface area contributed by atoms with Gasteiger partial charge in [0.2, 0.25) is 5.91 Å². The molecule has 2 unspecified atom stereocenters. The minimum atomic E-state index is -4.92. The maximum atomic E-state index is 13.7. The zero-order valence-electron chi connectivity index (χ0n) is 18.9. The number of benzene rings is 2. The van der Waals surface area contributed by atoms with E-state index in [2.05, 4.69) is 10.3 Å². The number of aromatic nitrogens is 1. The van der Waals surface area contributed by atoms with Crippen molar-refractivity contribution in [3.05, 3.63) is 94.6 Å². The molecule has 0 bridgehead atoms. The van der Waals surface area contributed by atoms with Crippen LogP contribution in [-0.4, -0.2) is 34.4 Å². The lowest BCUT2D eigenvalue weighted by Gasteiger charge is -2.41. The quantitative estimate of drug-likeness (QED) is 0.441. The Hall–Kier alpha value is -4.47. The van der Waals surface area contributed by atoms with Gasteiger partial charge in [-0.15, -0.1) is 0 Å². The fourth-order valence-electron chi connectivity index (χ4n) is 4.27. The molecule has 2 heterocycles. The van der Waals surface area contributed by atoms with Gasteiger partial charge in [-0.2, -0.15) is 31.6 Å². The average molecular weight is 536 g/mol. The lowest BCUT2D eigenvalue weighted by molar-refractivity contribution is -0.148. The van der Waals surface area contributed by atoms with Crippen LogP contribution in [0.2, 0.25) is 0 Å². The highest BCUT2D eigenvalue weighted by Gasteiger charge is 2.48. The lowest BCUT2D eigenvalue weighted by Crippen LogP contribution is -2.49. The summed E-state index contributed by atoms with van der Waals surface area (Å²) in [6.45, 7) is -1.80. The van der Waals surface area contributed by atoms with Crippen molar-refractivity contribution in [2.75, 3.05) is 11.9 Å². The number of amides is 2. The van der Waals surface area contributed by atoms with Gasteiger partial charge in [0.1, 0.15) is 24.1 Å². The molecule has 0 saturated carbocycles. The Labute approximate surface area is 210 Å². The standard InChI is InChI=1S/C25H15F7N4O2/c26-18-7-6-15(9-14(18)10-33)35-22(37)20-16-3-1-2-4-17(16)23(38)36(12-24(27,28)29)21(20)13-5-8-19(34-11-13)25(30,31)32/h1-9,11,20-21H,12H2,(H,35,37). The Morgan fingerprint density at radius 3 is 2.37 bits per heavy atom. The third-order valence-corrected chi connectivity index (χ3v) is 5.84. The second-order valence-electron chi connectivity index (χ2n) is 8.33. The molecule has 3 aromatic rings. The number of fused-ring (bicyclic) bond motifs is 1. The van der Waals surface area contributed by atoms with Crippen molar-refractivity contribution in [1.82, 2.24) is 9.88 Å². The second-order valence-corrected chi connectivity index (χ2v) is 8.33. The van der Waals surface area contributed by atoms with E-state index >= 15 is 0 Å². The highest BCUT2D eigenvalue weighted by atomic mass is 19.4. The monoisotopic (exact) mass is 536 g/mol. The maximum Gasteiger partial charge on any atom is 0.433 e. The van der Waals surface area contributed by atoms with E-state index in [0.29, 0.717) is 17.2 Å². The summed E-state index contributed by atoms with van der Waals surface area (Å²) in [5.41, 5.74) is -2.21. The number of pyridine rings is 1. The van der Waals surface area contributed by atoms with Gasteiger partial charge in [-0.05, 0) is 41.5 Å². The van der Waals surface area contributed by atoms with Gasteiger partial charge in [0.15, 0.2) is 0 Å². The Morgan fingerprint density at radius 1 is 1.05 bits per heavy atom. The minimum Gasteiger partial charge on any atom is -0.325 e. The van der Waals surface area contributed by atoms with E-state index in [1.165, 1.54) is 24.3 Å². The molecule has 0 radical (unpaired) electrons. The fraction of sp³-hybridized carbons (Fsp3) is 0.200. The van der Waals surface area contributed by atoms with E-state index < -0.39 is 59.7 Å². The average Bonchev–Trinajstić information content (AvgIpc) is 2.85. The number of nitrogens with zero attached hydrogens (tertiary/aromatic N) is 3. The summed E-state index contributed by atoms with van der Waals surface area (Å²) in [7, 11) is 0. The molecule has 13 heteroatoms. The van der Waals surface area contributed by atoms with Gasteiger partial charge in [0, 0.05) is 17.4 Å². The Bertz CT molecular complexity index is 1430. The van der Waals surface area contributed by atoms with Crippen molar-refractivity contribution in [1.29, 1.82) is 5.26 Å². The number of anilines is 1. The van der Waals surface area contributed by atoms with Crippen LogP contribution >= 0.6 is 0 Å². The van der Waals surface area contributed by atoms with Crippen LogP contribution in [0.4, 0.5) is 36.4 Å². The predicted octanol–water partition coefficient (Wildman–Crippen LogP) is 5.59. The third kappa shape index (κ3) is 5.29. The van der Waals surface area contributed by atoms with Crippen molar-refractivity contribution in [2.24, 2.45) is 0 Å². The van der Waals surface area contributed by atoms with Gasteiger partial charge in [-0.3, -0.25) is 14.6 Å². The smallest absolute Gasteiger partial charge is 0.325 e. The molecule has 0 fully saturated rings. The molecule has 196 valence electrons. The predicted molar refractivity (Wildman–Crippen MR) is 118 cm³/mol. The summed E-state index contributed by atoms with van der Waals surface area (Å²) in [6.07, 6.45) is -9.08. The summed E-state index contributed by atoms with van der Waals surface area (Å²) >= 11 is 0. The van der Waals surface area contributed by atoms with Gasteiger partial charge < -0.3 is 10.2 Å². The summed E-state index contributed by atoms with van der Waals surface area (Å²) in [4.78, 5) is 30.4. The van der Waals surface area contributed by atoms with Crippen molar-refractivity contribution < 1.29 is 40.3 Å².